The van der Waals surface area contributed by atoms with E-state index in [2.05, 4.69) is 48.5 Å². The summed E-state index contributed by atoms with van der Waals surface area (Å²) in [6.07, 6.45) is 3.40. The van der Waals surface area contributed by atoms with Gasteiger partial charge in [0.25, 0.3) is 0 Å². The molecular formula is C16H30O2. The van der Waals surface area contributed by atoms with E-state index in [1.165, 1.54) is 6.42 Å². The summed E-state index contributed by atoms with van der Waals surface area (Å²) in [5, 5.41) is 0. The molecule has 0 aromatic rings. The Balaban J connectivity index is 2.56. The van der Waals surface area contributed by atoms with Crippen molar-refractivity contribution in [3.63, 3.8) is 0 Å². The average molecular weight is 254 g/mol. The molecule has 106 valence electrons. The summed E-state index contributed by atoms with van der Waals surface area (Å²) in [6.45, 7) is 16.1. The van der Waals surface area contributed by atoms with Gasteiger partial charge in [0.05, 0.1) is 5.60 Å². The largest absolute Gasteiger partial charge is 0.353 e. The lowest BCUT2D eigenvalue weighted by molar-refractivity contribution is -0.481. The molecule has 0 aromatic heterocycles. The van der Waals surface area contributed by atoms with Gasteiger partial charge in [-0.15, -0.1) is 0 Å². The van der Waals surface area contributed by atoms with Crippen LogP contribution < -0.4 is 0 Å². The van der Waals surface area contributed by atoms with Crippen molar-refractivity contribution in [3.05, 3.63) is 0 Å². The van der Waals surface area contributed by atoms with Gasteiger partial charge in [-0.3, -0.25) is 0 Å². The van der Waals surface area contributed by atoms with Crippen LogP contribution in [-0.2, 0) is 9.47 Å². The molecule has 3 fully saturated rings. The van der Waals surface area contributed by atoms with Crippen LogP contribution in [0.4, 0.5) is 0 Å². The summed E-state index contributed by atoms with van der Waals surface area (Å²) in [5.41, 5.74) is 0.525. The van der Waals surface area contributed by atoms with E-state index in [1.54, 1.807) is 7.11 Å². The molecule has 0 amide bonds. The first-order valence-corrected chi connectivity index (χ1v) is 7.35. The third-order valence-electron chi connectivity index (χ3n) is 7.44. The quantitative estimate of drug-likeness (QED) is 0.744. The van der Waals surface area contributed by atoms with Crippen LogP contribution in [0.1, 0.15) is 67.7 Å². The molecule has 3 aliphatic rings. The van der Waals surface area contributed by atoms with Crippen molar-refractivity contribution in [1.82, 2.24) is 0 Å². The molecule has 2 aliphatic heterocycles. The zero-order chi connectivity index (χ0) is 14.0. The Hall–Kier alpha value is -0.0800. The van der Waals surface area contributed by atoms with Gasteiger partial charge in [0.15, 0.2) is 5.79 Å². The van der Waals surface area contributed by atoms with Crippen molar-refractivity contribution >= 4 is 0 Å². The lowest BCUT2D eigenvalue weighted by Crippen LogP contribution is -2.82. The molecule has 0 spiro atoms. The fraction of sp³-hybridized carbons (Fsp3) is 1.00. The number of ether oxygens (including phenoxy) is 2. The van der Waals surface area contributed by atoms with Gasteiger partial charge in [-0.1, -0.05) is 41.5 Å². The maximum Gasteiger partial charge on any atom is 0.171 e. The van der Waals surface area contributed by atoms with Crippen LogP contribution >= 0.6 is 0 Å². The Kier molecular flexibility index (Phi) is 2.80. The molecule has 18 heavy (non-hydrogen) atoms. The van der Waals surface area contributed by atoms with Gasteiger partial charge in [-0.2, -0.15) is 0 Å². The predicted octanol–water partition coefficient (Wildman–Crippen LogP) is 4.38. The van der Waals surface area contributed by atoms with Crippen LogP contribution in [-0.4, -0.2) is 18.5 Å². The van der Waals surface area contributed by atoms with E-state index >= 15 is 0 Å². The monoisotopic (exact) mass is 254 g/mol. The molecule has 1 aliphatic carbocycles. The highest BCUT2D eigenvalue weighted by Crippen LogP contribution is 2.79. The van der Waals surface area contributed by atoms with Crippen LogP contribution in [0.15, 0.2) is 0 Å². The molecule has 3 rings (SSSR count). The van der Waals surface area contributed by atoms with Crippen molar-refractivity contribution in [2.24, 2.45) is 16.2 Å². The normalized spacial score (nSPS) is 54.0. The van der Waals surface area contributed by atoms with Crippen LogP contribution in [0.3, 0.4) is 0 Å². The molecule has 2 bridgehead atoms. The summed E-state index contributed by atoms with van der Waals surface area (Å²) in [4.78, 5) is 0. The average Bonchev–Trinajstić information content (AvgIpc) is 2.34. The zero-order valence-corrected chi connectivity index (χ0v) is 13.4. The second-order valence-electron chi connectivity index (χ2n) is 7.42. The topological polar surface area (TPSA) is 18.5 Å². The number of hydrogen-bond donors (Lipinski definition) is 0. The minimum absolute atomic E-state index is 0.00319. The number of rotatable bonds is 3. The highest BCUT2D eigenvalue weighted by molar-refractivity contribution is 5.26. The molecule has 2 saturated heterocycles. The van der Waals surface area contributed by atoms with Crippen LogP contribution in [0.2, 0.25) is 0 Å². The third-order valence-corrected chi connectivity index (χ3v) is 7.44. The van der Waals surface area contributed by atoms with E-state index < -0.39 is 5.79 Å². The number of fused-ring (bicyclic) bond motifs is 2. The number of hydrogen-bond acceptors (Lipinski definition) is 2. The summed E-state index contributed by atoms with van der Waals surface area (Å²) < 4.78 is 12.4. The van der Waals surface area contributed by atoms with Crippen molar-refractivity contribution in [3.8, 4) is 0 Å². The predicted molar refractivity (Wildman–Crippen MR) is 74.4 cm³/mol. The van der Waals surface area contributed by atoms with E-state index in [9.17, 15) is 0 Å². The van der Waals surface area contributed by atoms with E-state index in [-0.39, 0.29) is 21.8 Å². The van der Waals surface area contributed by atoms with Crippen molar-refractivity contribution in [2.75, 3.05) is 7.11 Å². The molecule has 0 aromatic carbocycles. The summed E-state index contributed by atoms with van der Waals surface area (Å²) in [6, 6.07) is 0. The van der Waals surface area contributed by atoms with E-state index in [0.29, 0.717) is 0 Å². The Morgan fingerprint density at radius 3 is 1.94 bits per heavy atom. The summed E-state index contributed by atoms with van der Waals surface area (Å²) in [7, 11) is 1.78. The van der Waals surface area contributed by atoms with Gasteiger partial charge >= 0.3 is 0 Å². The first kappa shape index (κ1) is 14.3. The SMILES string of the molecule is CCC12CC(C)(C(C)(C)C(C)(OC)O1)C2(C)CC. The van der Waals surface area contributed by atoms with Gasteiger partial charge in [0.2, 0.25) is 0 Å². The van der Waals surface area contributed by atoms with Crippen molar-refractivity contribution in [2.45, 2.75) is 79.1 Å². The molecule has 2 nitrogen and oxygen atoms in total. The minimum atomic E-state index is -0.481. The maximum absolute atomic E-state index is 6.59. The molecule has 2 heterocycles. The van der Waals surface area contributed by atoms with Gasteiger partial charge < -0.3 is 9.47 Å². The second kappa shape index (κ2) is 3.52. The second-order valence-corrected chi connectivity index (χ2v) is 7.42. The van der Waals surface area contributed by atoms with E-state index in [1.807, 2.05) is 0 Å². The van der Waals surface area contributed by atoms with Gasteiger partial charge in [-0.05, 0) is 31.6 Å². The zero-order valence-electron chi connectivity index (χ0n) is 13.4. The Morgan fingerprint density at radius 2 is 1.56 bits per heavy atom. The van der Waals surface area contributed by atoms with Crippen molar-refractivity contribution < 1.29 is 9.47 Å². The minimum Gasteiger partial charge on any atom is -0.353 e. The maximum atomic E-state index is 6.59. The molecule has 2 heteroatoms. The van der Waals surface area contributed by atoms with E-state index in [4.69, 9.17) is 9.47 Å². The fourth-order valence-corrected chi connectivity index (χ4v) is 5.01. The summed E-state index contributed by atoms with van der Waals surface area (Å²) >= 11 is 0. The van der Waals surface area contributed by atoms with Gasteiger partial charge in [0, 0.05) is 17.9 Å². The number of methoxy groups -OCH3 is 1. The molecule has 0 radical (unpaired) electrons. The van der Waals surface area contributed by atoms with Gasteiger partial charge in [0.1, 0.15) is 0 Å². The van der Waals surface area contributed by atoms with Gasteiger partial charge in [-0.25, -0.2) is 0 Å². The summed E-state index contributed by atoms with van der Waals surface area (Å²) in [5.74, 6) is -0.481. The highest BCUT2D eigenvalue weighted by atomic mass is 16.7. The molecular weight excluding hydrogens is 224 g/mol. The Morgan fingerprint density at radius 1 is 1.00 bits per heavy atom. The third kappa shape index (κ3) is 1.09. The molecule has 4 unspecified atom stereocenters. The highest BCUT2D eigenvalue weighted by Gasteiger charge is 2.80. The van der Waals surface area contributed by atoms with E-state index in [0.717, 1.165) is 12.8 Å². The Bertz CT molecular complexity index is 357. The lowest BCUT2D eigenvalue weighted by atomic mass is 9.31. The first-order chi connectivity index (χ1) is 8.10. The van der Waals surface area contributed by atoms with Crippen LogP contribution in [0, 0.1) is 16.2 Å². The smallest absolute Gasteiger partial charge is 0.171 e. The van der Waals surface area contributed by atoms with Crippen LogP contribution in [0.25, 0.3) is 0 Å². The standard InChI is InChI=1S/C16H30O2/c1-9-13(5)14(6)11-16(13,10-2)18-15(7,17-8)12(14,3)4/h9-11H2,1-8H3. The molecule has 0 N–H and O–H groups in total. The van der Waals surface area contributed by atoms with Crippen LogP contribution in [0.5, 0.6) is 0 Å². The Labute approximate surface area is 112 Å². The first-order valence-electron chi connectivity index (χ1n) is 7.35. The fourth-order valence-electron chi connectivity index (χ4n) is 5.01. The molecule has 4 atom stereocenters. The molecule has 1 saturated carbocycles. The lowest BCUT2D eigenvalue weighted by Gasteiger charge is -2.81. The van der Waals surface area contributed by atoms with Crippen molar-refractivity contribution in [1.29, 1.82) is 0 Å².